The summed E-state index contributed by atoms with van der Waals surface area (Å²) in [7, 11) is 2.09. The van der Waals surface area contributed by atoms with Crippen molar-refractivity contribution in [3.05, 3.63) is 70.8 Å². The SMILES string of the molecule is Cc1cccc2c1B1c3c(cccc3Cc3nc[n+](C)n31)C2. The van der Waals surface area contributed by atoms with Crippen molar-refractivity contribution in [1.82, 2.24) is 9.58 Å². The smallest absolute Gasteiger partial charge is 0.219 e. The van der Waals surface area contributed by atoms with Gasteiger partial charge in [-0.3, -0.25) is 0 Å². The van der Waals surface area contributed by atoms with E-state index in [-0.39, 0.29) is 6.85 Å². The van der Waals surface area contributed by atoms with Gasteiger partial charge >= 0.3 is 13.2 Å². The van der Waals surface area contributed by atoms with Crippen LogP contribution in [0.1, 0.15) is 28.1 Å². The zero-order valence-electron chi connectivity index (χ0n) is 12.9. The highest BCUT2D eigenvalue weighted by atomic mass is 15.4. The predicted molar refractivity (Wildman–Crippen MR) is 87.1 cm³/mol. The van der Waals surface area contributed by atoms with Gasteiger partial charge in [-0.2, -0.15) is 4.68 Å². The molecule has 0 radical (unpaired) electrons. The van der Waals surface area contributed by atoms with Crippen molar-refractivity contribution >= 4 is 17.8 Å². The first-order valence-electron chi connectivity index (χ1n) is 7.85. The van der Waals surface area contributed by atoms with Gasteiger partial charge in [0.15, 0.2) is 0 Å². The van der Waals surface area contributed by atoms with Gasteiger partial charge in [-0.15, -0.1) is 0 Å². The summed E-state index contributed by atoms with van der Waals surface area (Å²) in [6.45, 7) is 2.50. The fourth-order valence-electron chi connectivity index (χ4n) is 4.28. The molecular formula is C18H17BN3+. The van der Waals surface area contributed by atoms with Crippen molar-refractivity contribution in [2.45, 2.75) is 19.8 Å². The number of nitrogens with zero attached hydrogens (tertiary/aromatic N) is 3. The number of benzene rings is 2. The zero-order valence-corrected chi connectivity index (χ0v) is 12.9. The maximum atomic E-state index is 4.64. The normalized spacial score (nSPS) is 14.4. The molecule has 2 aromatic carbocycles. The molecule has 1 aromatic heterocycles. The maximum absolute atomic E-state index is 4.64. The fraction of sp³-hybridized carbons (Fsp3) is 0.222. The second-order valence-corrected chi connectivity index (χ2v) is 6.47. The van der Waals surface area contributed by atoms with Crippen LogP contribution in [0.15, 0.2) is 42.7 Å². The third-order valence-corrected chi connectivity index (χ3v) is 5.20. The number of aryl methyl sites for hydroxylation is 2. The molecule has 0 saturated heterocycles. The van der Waals surface area contributed by atoms with Crippen molar-refractivity contribution < 1.29 is 4.68 Å². The first kappa shape index (κ1) is 12.2. The Kier molecular flexibility index (Phi) is 2.27. The molecule has 3 aromatic rings. The minimum absolute atomic E-state index is 0.271. The average Bonchev–Trinajstić information content (AvgIpc) is 2.88. The standard InChI is InChI=1S/C18H17BN3/c1-12-5-3-6-13-9-14-7-4-8-15-10-16-20-11-21(2)22(16)19(17(12)13)18(14)15/h3-8,11H,9-10H2,1-2H3/q+1. The van der Waals surface area contributed by atoms with E-state index in [9.17, 15) is 0 Å². The van der Waals surface area contributed by atoms with Gasteiger partial charge in [0.25, 0.3) is 0 Å². The average molecular weight is 286 g/mol. The summed E-state index contributed by atoms with van der Waals surface area (Å²) in [6.07, 6.45) is 3.92. The van der Waals surface area contributed by atoms with Gasteiger partial charge < -0.3 is 0 Å². The summed E-state index contributed by atoms with van der Waals surface area (Å²) < 4.78 is 4.51. The van der Waals surface area contributed by atoms with Crippen molar-refractivity contribution in [1.29, 1.82) is 0 Å². The lowest BCUT2D eigenvalue weighted by Crippen LogP contribution is -2.65. The Morgan fingerprint density at radius 2 is 1.68 bits per heavy atom. The largest absolute Gasteiger partial charge is 0.379 e. The van der Waals surface area contributed by atoms with Crippen molar-refractivity contribution in [2.75, 3.05) is 0 Å². The zero-order chi connectivity index (χ0) is 14.8. The lowest BCUT2D eigenvalue weighted by molar-refractivity contribution is -0.740. The van der Waals surface area contributed by atoms with Crippen LogP contribution < -0.4 is 15.6 Å². The summed E-state index contributed by atoms with van der Waals surface area (Å²) in [5.41, 5.74) is 8.72. The van der Waals surface area contributed by atoms with Gasteiger partial charge in [-0.25, -0.2) is 4.59 Å². The van der Waals surface area contributed by atoms with Gasteiger partial charge in [0.1, 0.15) is 0 Å². The number of fused-ring (bicyclic) bond motifs is 4. The Bertz CT molecular complexity index is 909. The molecule has 0 atom stereocenters. The van der Waals surface area contributed by atoms with E-state index >= 15 is 0 Å². The predicted octanol–water partition coefficient (Wildman–Crippen LogP) is 0.478. The first-order valence-corrected chi connectivity index (χ1v) is 7.85. The maximum Gasteiger partial charge on any atom is 0.379 e. The third kappa shape index (κ3) is 1.42. The monoisotopic (exact) mass is 286 g/mol. The highest BCUT2D eigenvalue weighted by Gasteiger charge is 2.42. The van der Waals surface area contributed by atoms with Gasteiger partial charge in [0.05, 0.1) is 13.5 Å². The summed E-state index contributed by atoms with van der Waals surface area (Å²) in [4.78, 5) is 4.64. The van der Waals surface area contributed by atoms with Crippen LogP contribution in [0.3, 0.4) is 0 Å². The van der Waals surface area contributed by atoms with Crippen molar-refractivity contribution in [2.24, 2.45) is 7.05 Å². The van der Waals surface area contributed by atoms with Gasteiger partial charge in [-0.1, -0.05) is 42.0 Å². The topological polar surface area (TPSA) is 21.7 Å². The third-order valence-electron chi connectivity index (χ3n) is 5.20. The Balaban J connectivity index is 1.91. The van der Waals surface area contributed by atoms with E-state index in [4.69, 9.17) is 0 Å². The molecule has 0 N–H and O–H groups in total. The number of aromatic nitrogens is 3. The Morgan fingerprint density at radius 1 is 1.00 bits per heavy atom. The Morgan fingerprint density at radius 3 is 2.50 bits per heavy atom. The van der Waals surface area contributed by atoms with E-state index in [1.165, 1.54) is 33.2 Å². The molecule has 0 spiro atoms. The molecule has 0 fully saturated rings. The summed E-state index contributed by atoms with van der Waals surface area (Å²) in [5, 5.41) is 0. The fourth-order valence-corrected chi connectivity index (χ4v) is 4.28. The van der Waals surface area contributed by atoms with Gasteiger partial charge in [0.2, 0.25) is 5.82 Å². The Labute approximate surface area is 130 Å². The molecule has 22 heavy (non-hydrogen) atoms. The highest BCUT2D eigenvalue weighted by molar-refractivity contribution is 6.85. The minimum Gasteiger partial charge on any atom is -0.219 e. The van der Waals surface area contributed by atoms with Crippen LogP contribution in [0, 0.1) is 6.92 Å². The Hall–Kier alpha value is -2.36. The van der Waals surface area contributed by atoms with E-state index in [1.54, 1.807) is 0 Å². The van der Waals surface area contributed by atoms with E-state index in [0.29, 0.717) is 0 Å². The number of rotatable bonds is 0. The molecule has 0 amide bonds. The van der Waals surface area contributed by atoms with Crippen LogP contribution in [0.4, 0.5) is 0 Å². The molecule has 0 bridgehead atoms. The van der Waals surface area contributed by atoms with Crippen LogP contribution in [-0.2, 0) is 19.9 Å². The minimum atomic E-state index is 0.271. The highest BCUT2D eigenvalue weighted by Crippen LogP contribution is 2.22. The summed E-state index contributed by atoms with van der Waals surface area (Å²) >= 11 is 0. The molecule has 106 valence electrons. The molecule has 0 saturated carbocycles. The molecule has 3 nitrogen and oxygen atoms in total. The molecule has 4 heteroatoms. The molecule has 3 heterocycles. The van der Waals surface area contributed by atoms with E-state index in [0.717, 1.165) is 18.7 Å². The van der Waals surface area contributed by atoms with Crippen LogP contribution >= 0.6 is 0 Å². The van der Waals surface area contributed by atoms with Crippen LogP contribution in [0.2, 0.25) is 0 Å². The lowest BCUT2D eigenvalue weighted by Gasteiger charge is -2.31. The van der Waals surface area contributed by atoms with Gasteiger partial charge in [0, 0.05) is 0 Å². The molecule has 2 aliphatic rings. The van der Waals surface area contributed by atoms with Gasteiger partial charge in [-0.05, 0) is 45.9 Å². The molecule has 0 unspecified atom stereocenters. The molecular weight excluding hydrogens is 269 g/mol. The second kappa shape index (κ2) is 4.10. The second-order valence-electron chi connectivity index (χ2n) is 6.47. The van der Waals surface area contributed by atoms with Crippen LogP contribution in [0.5, 0.6) is 0 Å². The summed E-state index contributed by atoms with van der Waals surface area (Å²) in [6, 6.07) is 13.5. The number of hydrogen-bond donors (Lipinski definition) is 0. The van der Waals surface area contributed by atoms with Crippen LogP contribution in [-0.4, -0.2) is 16.4 Å². The van der Waals surface area contributed by atoms with E-state index in [2.05, 4.69) is 64.6 Å². The van der Waals surface area contributed by atoms with Crippen LogP contribution in [0.25, 0.3) is 0 Å². The van der Waals surface area contributed by atoms with E-state index < -0.39 is 0 Å². The molecule has 5 rings (SSSR count). The first-order chi connectivity index (χ1) is 10.7. The van der Waals surface area contributed by atoms with Crippen molar-refractivity contribution in [3.63, 3.8) is 0 Å². The molecule has 0 aliphatic carbocycles. The lowest BCUT2D eigenvalue weighted by atomic mass is 9.42. The number of hydrogen-bond acceptors (Lipinski definition) is 1. The quantitative estimate of drug-likeness (QED) is 0.300. The van der Waals surface area contributed by atoms with Crippen molar-refractivity contribution in [3.8, 4) is 0 Å². The van der Waals surface area contributed by atoms with E-state index in [1.807, 2.05) is 6.33 Å². The summed E-state index contributed by atoms with van der Waals surface area (Å²) in [5.74, 6) is 1.16. The molecule has 2 aliphatic heterocycles.